The first-order chi connectivity index (χ1) is 11.4. The van der Waals surface area contributed by atoms with Crippen molar-refractivity contribution in [3.8, 4) is 5.75 Å². The smallest absolute Gasteiger partial charge is 0.293 e. The van der Waals surface area contributed by atoms with E-state index in [1.54, 1.807) is 36.4 Å². The Morgan fingerprint density at radius 1 is 1.21 bits per heavy atom. The molecule has 1 fully saturated rings. The fourth-order valence-electron chi connectivity index (χ4n) is 2.24. The van der Waals surface area contributed by atoms with Crippen LogP contribution in [-0.4, -0.2) is 21.2 Å². The molecule has 24 heavy (non-hydrogen) atoms. The number of phenols is 1. The minimum absolute atomic E-state index is 0.0415. The Hall–Kier alpha value is -1.76. The number of benzene rings is 2. The van der Waals surface area contributed by atoms with E-state index in [4.69, 9.17) is 11.6 Å². The average Bonchev–Trinajstić information content (AvgIpc) is 2.79. The van der Waals surface area contributed by atoms with E-state index in [0.29, 0.717) is 10.6 Å². The lowest BCUT2D eigenvalue weighted by molar-refractivity contribution is -0.123. The summed E-state index contributed by atoms with van der Waals surface area (Å²) < 4.78 is 0.768. The van der Waals surface area contributed by atoms with Gasteiger partial charge >= 0.3 is 0 Å². The fourth-order valence-corrected chi connectivity index (χ4v) is 3.66. The molecule has 1 aliphatic heterocycles. The second-order valence-electron chi connectivity index (χ2n) is 5.10. The van der Waals surface area contributed by atoms with E-state index in [1.165, 1.54) is 12.1 Å². The maximum absolute atomic E-state index is 12.5. The quantitative estimate of drug-likeness (QED) is 0.701. The van der Waals surface area contributed by atoms with Gasteiger partial charge in [-0.1, -0.05) is 39.7 Å². The highest BCUT2D eigenvalue weighted by Gasteiger charge is 2.35. The number of rotatable bonds is 3. The zero-order valence-electron chi connectivity index (χ0n) is 12.2. The Kier molecular flexibility index (Phi) is 4.99. The summed E-state index contributed by atoms with van der Waals surface area (Å²) in [7, 11) is 0. The molecule has 2 aromatic carbocycles. The summed E-state index contributed by atoms with van der Waals surface area (Å²) in [4.78, 5) is 26.1. The predicted octanol–water partition coefficient (Wildman–Crippen LogP) is 5.04. The van der Waals surface area contributed by atoms with Crippen molar-refractivity contribution < 1.29 is 14.7 Å². The van der Waals surface area contributed by atoms with Crippen LogP contribution < -0.4 is 0 Å². The fraction of sp³-hybridized carbons (Fsp3) is 0.0588. The molecule has 7 heteroatoms. The lowest BCUT2D eigenvalue weighted by atomic mass is 10.2. The van der Waals surface area contributed by atoms with Crippen LogP contribution in [-0.2, 0) is 11.3 Å². The van der Waals surface area contributed by atoms with Gasteiger partial charge in [0.05, 0.1) is 11.4 Å². The number of hydrogen-bond donors (Lipinski definition) is 1. The van der Waals surface area contributed by atoms with Crippen molar-refractivity contribution in [2.24, 2.45) is 0 Å². The van der Waals surface area contributed by atoms with Crippen LogP contribution in [0.2, 0.25) is 5.02 Å². The molecular weight excluding hydrogens is 414 g/mol. The van der Waals surface area contributed by atoms with Gasteiger partial charge in [0, 0.05) is 15.1 Å². The molecule has 4 nitrogen and oxygen atoms in total. The second-order valence-corrected chi connectivity index (χ2v) is 7.45. The van der Waals surface area contributed by atoms with Crippen molar-refractivity contribution in [3.05, 3.63) is 68.0 Å². The summed E-state index contributed by atoms with van der Waals surface area (Å²) in [5.41, 5.74) is 1.24. The highest BCUT2D eigenvalue weighted by Crippen LogP contribution is 2.35. The molecule has 1 saturated heterocycles. The van der Waals surface area contributed by atoms with E-state index in [0.717, 1.165) is 26.7 Å². The Morgan fingerprint density at radius 2 is 2.00 bits per heavy atom. The third-order valence-electron chi connectivity index (χ3n) is 3.38. The highest BCUT2D eigenvalue weighted by atomic mass is 79.9. The average molecular weight is 425 g/mol. The number of carbonyl (C=O) groups excluding carboxylic acids is 2. The molecule has 0 atom stereocenters. The molecule has 1 heterocycles. The van der Waals surface area contributed by atoms with Crippen molar-refractivity contribution in [2.45, 2.75) is 6.54 Å². The number of aromatic hydroxyl groups is 1. The van der Waals surface area contributed by atoms with Gasteiger partial charge in [-0.2, -0.15) is 0 Å². The van der Waals surface area contributed by atoms with E-state index < -0.39 is 0 Å². The largest absolute Gasteiger partial charge is 0.507 e. The van der Waals surface area contributed by atoms with Crippen LogP contribution in [0.3, 0.4) is 0 Å². The van der Waals surface area contributed by atoms with Crippen LogP contribution in [0, 0.1) is 0 Å². The van der Waals surface area contributed by atoms with Crippen LogP contribution in [0.15, 0.2) is 51.8 Å². The van der Waals surface area contributed by atoms with E-state index in [2.05, 4.69) is 15.9 Å². The zero-order chi connectivity index (χ0) is 17.3. The minimum Gasteiger partial charge on any atom is -0.507 e. The van der Waals surface area contributed by atoms with Crippen LogP contribution in [0.4, 0.5) is 4.79 Å². The monoisotopic (exact) mass is 423 g/mol. The molecule has 3 rings (SSSR count). The van der Waals surface area contributed by atoms with Crippen LogP contribution in [0.1, 0.15) is 11.1 Å². The molecule has 0 radical (unpaired) electrons. The van der Waals surface area contributed by atoms with Gasteiger partial charge in [-0.3, -0.25) is 14.5 Å². The molecule has 0 unspecified atom stereocenters. The normalized spacial score (nSPS) is 16.2. The maximum Gasteiger partial charge on any atom is 0.293 e. The van der Waals surface area contributed by atoms with Crippen molar-refractivity contribution in [2.75, 3.05) is 0 Å². The lowest BCUT2D eigenvalue weighted by Gasteiger charge is -2.12. The van der Waals surface area contributed by atoms with E-state index in [9.17, 15) is 14.7 Å². The Bertz CT molecular complexity index is 869. The van der Waals surface area contributed by atoms with Crippen molar-refractivity contribution >= 4 is 56.5 Å². The van der Waals surface area contributed by atoms with Crippen molar-refractivity contribution in [3.63, 3.8) is 0 Å². The van der Waals surface area contributed by atoms with Crippen LogP contribution >= 0.6 is 39.3 Å². The minimum atomic E-state index is -0.385. The van der Waals surface area contributed by atoms with Gasteiger partial charge in [0.25, 0.3) is 11.1 Å². The van der Waals surface area contributed by atoms with Crippen molar-refractivity contribution in [1.29, 1.82) is 0 Å². The number of amides is 2. The van der Waals surface area contributed by atoms with E-state index in [-0.39, 0.29) is 28.3 Å². The molecule has 0 aromatic heterocycles. The number of halogens is 2. The standard InChI is InChI=1S/C17H11BrClNO3S/c18-12-4-5-14(21)11(7-12)8-15-16(22)20(17(23)24-15)9-10-2-1-3-13(19)6-10/h1-8,21H,9H2/b15-8-. The molecular formula is C17H11BrClNO3S. The third kappa shape index (κ3) is 3.66. The molecule has 0 bridgehead atoms. The van der Waals surface area contributed by atoms with Crippen LogP contribution in [0.25, 0.3) is 6.08 Å². The summed E-state index contributed by atoms with van der Waals surface area (Å²) in [6.07, 6.45) is 1.52. The molecule has 0 aliphatic carbocycles. The van der Waals surface area contributed by atoms with Gasteiger partial charge in [0.2, 0.25) is 0 Å². The van der Waals surface area contributed by atoms with Gasteiger partial charge in [-0.25, -0.2) is 0 Å². The number of nitrogens with zero attached hydrogens (tertiary/aromatic N) is 1. The molecule has 122 valence electrons. The summed E-state index contributed by atoms with van der Waals surface area (Å²) in [5.74, 6) is -0.343. The number of carbonyl (C=O) groups is 2. The second kappa shape index (κ2) is 7.01. The first-order valence-corrected chi connectivity index (χ1v) is 8.91. The summed E-state index contributed by atoms with van der Waals surface area (Å²) in [6.45, 7) is 0.160. The Morgan fingerprint density at radius 3 is 2.75 bits per heavy atom. The molecule has 2 amide bonds. The van der Waals surface area contributed by atoms with Crippen molar-refractivity contribution in [1.82, 2.24) is 4.90 Å². The molecule has 1 N–H and O–H groups in total. The predicted molar refractivity (Wildman–Crippen MR) is 98.8 cm³/mol. The van der Waals surface area contributed by atoms with Gasteiger partial charge in [-0.15, -0.1) is 0 Å². The Balaban J connectivity index is 1.86. The topological polar surface area (TPSA) is 57.6 Å². The third-order valence-corrected chi connectivity index (χ3v) is 5.02. The first-order valence-electron chi connectivity index (χ1n) is 6.92. The number of hydrogen-bond acceptors (Lipinski definition) is 4. The highest BCUT2D eigenvalue weighted by molar-refractivity contribution is 9.10. The lowest BCUT2D eigenvalue weighted by Crippen LogP contribution is -2.27. The molecule has 1 aliphatic rings. The van der Waals surface area contributed by atoms with E-state index >= 15 is 0 Å². The maximum atomic E-state index is 12.5. The zero-order valence-corrected chi connectivity index (χ0v) is 15.4. The van der Waals surface area contributed by atoms with Gasteiger partial charge in [0.1, 0.15) is 5.75 Å². The number of phenolic OH excluding ortho intramolecular Hbond substituents is 1. The summed E-state index contributed by atoms with van der Waals surface area (Å²) in [6, 6.07) is 11.9. The molecule has 0 spiro atoms. The molecule has 2 aromatic rings. The summed E-state index contributed by atoms with van der Waals surface area (Å²) in [5, 5.41) is 10.1. The number of thioether (sulfide) groups is 1. The number of imide groups is 1. The first kappa shape index (κ1) is 17.1. The molecule has 0 saturated carbocycles. The van der Waals surface area contributed by atoms with Gasteiger partial charge in [-0.05, 0) is 53.7 Å². The van der Waals surface area contributed by atoms with E-state index in [1.807, 2.05) is 0 Å². The van der Waals surface area contributed by atoms with Gasteiger partial charge < -0.3 is 5.11 Å². The van der Waals surface area contributed by atoms with Crippen LogP contribution in [0.5, 0.6) is 5.75 Å². The SMILES string of the molecule is O=C1S/C(=C\c2cc(Br)ccc2O)C(=O)N1Cc1cccc(Cl)c1. The summed E-state index contributed by atoms with van der Waals surface area (Å²) >= 11 is 10.1. The Labute approximate surface area is 156 Å². The van der Waals surface area contributed by atoms with Gasteiger partial charge in [0.15, 0.2) is 0 Å².